The molecule has 0 aliphatic carbocycles. The molecule has 1 aromatic rings. The van der Waals surface area contributed by atoms with Gasteiger partial charge in [-0.2, -0.15) is 0 Å². The molecule has 0 heterocycles. The van der Waals surface area contributed by atoms with Crippen LogP contribution in [-0.2, 0) is 16.0 Å². The molecule has 112 valence electrons. The minimum atomic E-state index is -0.587. The van der Waals surface area contributed by atoms with Crippen molar-refractivity contribution in [1.29, 1.82) is 0 Å². The summed E-state index contributed by atoms with van der Waals surface area (Å²) in [6.07, 6.45) is 1.53. The molecule has 2 unspecified atom stereocenters. The Morgan fingerprint density at radius 1 is 1.25 bits per heavy atom. The number of benzene rings is 1. The maximum atomic E-state index is 11.3. The van der Waals surface area contributed by atoms with Gasteiger partial charge in [0, 0.05) is 6.04 Å². The molecule has 0 aromatic heterocycles. The molecule has 20 heavy (non-hydrogen) atoms. The van der Waals surface area contributed by atoms with Gasteiger partial charge in [0.1, 0.15) is 5.75 Å². The molecule has 0 fully saturated rings. The van der Waals surface area contributed by atoms with Crippen molar-refractivity contribution in [2.45, 2.75) is 45.8 Å². The maximum absolute atomic E-state index is 11.3. The van der Waals surface area contributed by atoms with Gasteiger partial charge >= 0.3 is 5.97 Å². The fraction of sp³-hybridized carbons (Fsp3) is 0.562. The molecule has 0 radical (unpaired) electrons. The van der Waals surface area contributed by atoms with E-state index in [4.69, 9.17) is 4.74 Å². The zero-order chi connectivity index (χ0) is 15.0. The molecule has 1 rings (SSSR count). The van der Waals surface area contributed by atoms with E-state index in [0.29, 0.717) is 11.8 Å². The van der Waals surface area contributed by atoms with Crippen LogP contribution >= 0.6 is 0 Å². The topological polar surface area (TPSA) is 47.6 Å². The van der Waals surface area contributed by atoms with Crippen LogP contribution in [0.15, 0.2) is 24.3 Å². The predicted octanol–water partition coefficient (Wildman–Crippen LogP) is 2.56. The Bertz CT molecular complexity index is 403. The molecule has 0 saturated carbocycles. The Balaban J connectivity index is 2.49. The maximum Gasteiger partial charge on any atom is 0.346 e. The smallest absolute Gasteiger partial charge is 0.346 e. The minimum absolute atomic E-state index is 0.369. The molecule has 0 aliphatic rings. The zero-order valence-electron chi connectivity index (χ0n) is 12.8. The van der Waals surface area contributed by atoms with Crippen molar-refractivity contribution in [3.63, 3.8) is 0 Å². The lowest BCUT2D eigenvalue weighted by atomic mass is 10.1. The molecule has 4 nitrogen and oxygen atoms in total. The first-order valence-corrected chi connectivity index (χ1v) is 7.13. The van der Waals surface area contributed by atoms with Gasteiger partial charge in [0.05, 0.1) is 7.11 Å². The summed E-state index contributed by atoms with van der Waals surface area (Å²) in [5.74, 6) is 0.312. The summed E-state index contributed by atoms with van der Waals surface area (Å²) in [5.41, 5.74) is 1.25. The molecule has 0 amide bonds. The zero-order valence-corrected chi connectivity index (χ0v) is 12.8. The van der Waals surface area contributed by atoms with Crippen LogP contribution < -0.4 is 10.1 Å². The number of carbonyl (C=O) groups is 1. The third kappa shape index (κ3) is 5.61. The van der Waals surface area contributed by atoms with E-state index in [9.17, 15) is 4.79 Å². The standard InChI is InChI=1S/C16H25NO3/c1-5-10-17-12(2)11-14-6-8-15(9-7-14)20-13(3)16(18)19-4/h6-9,12-13,17H,5,10-11H2,1-4H3. The summed E-state index contributed by atoms with van der Waals surface area (Å²) in [7, 11) is 1.36. The Hall–Kier alpha value is -1.55. The van der Waals surface area contributed by atoms with Crippen LogP contribution in [-0.4, -0.2) is 31.8 Å². The van der Waals surface area contributed by atoms with Gasteiger partial charge in [-0.1, -0.05) is 19.1 Å². The lowest BCUT2D eigenvalue weighted by Gasteiger charge is -2.15. The number of esters is 1. The van der Waals surface area contributed by atoms with Crippen LogP contribution in [0.2, 0.25) is 0 Å². The molecule has 2 atom stereocenters. The summed E-state index contributed by atoms with van der Waals surface area (Å²) in [4.78, 5) is 11.3. The van der Waals surface area contributed by atoms with Crippen LogP contribution in [0, 0.1) is 0 Å². The second kappa shape index (κ2) is 8.59. The van der Waals surface area contributed by atoms with Crippen LogP contribution in [0.25, 0.3) is 0 Å². The predicted molar refractivity (Wildman–Crippen MR) is 80.0 cm³/mol. The Morgan fingerprint density at radius 3 is 2.45 bits per heavy atom. The highest BCUT2D eigenvalue weighted by Gasteiger charge is 2.14. The fourth-order valence-electron chi connectivity index (χ4n) is 1.94. The summed E-state index contributed by atoms with van der Waals surface area (Å²) in [6.45, 7) is 7.06. The number of carbonyl (C=O) groups excluding carboxylic acids is 1. The second-order valence-electron chi connectivity index (χ2n) is 4.99. The van der Waals surface area contributed by atoms with E-state index >= 15 is 0 Å². The molecule has 0 saturated heterocycles. The van der Waals surface area contributed by atoms with Crippen molar-refractivity contribution >= 4 is 5.97 Å². The normalized spacial score (nSPS) is 13.6. The van der Waals surface area contributed by atoms with E-state index in [1.165, 1.54) is 12.7 Å². The fourth-order valence-corrected chi connectivity index (χ4v) is 1.94. The van der Waals surface area contributed by atoms with Crippen molar-refractivity contribution in [2.75, 3.05) is 13.7 Å². The first-order chi connectivity index (χ1) is 9.56. The van der Waals surface area contributed by atoms with E-state index in [0.717, 1.165) is 19.4 Å². The van der Waals surface area contributed by atoms with Gasteiger partial charge in [-0.15, -0.1) is 0 Å². The molecule has 0 bridgehead atoms. The summed E-state index contributed by atoms with van der Waals surface area (Å²) in [5, 5.41) is 3.46. The Kier molecular flexibility index (Phi) is 7.09. The highest BCUT2D eigenvalue weighted by Crippen LogP contribution is 2.15. The van der Waals surface area contributed by atoms with Crippen molar-refractivity contribution in [3.8, 4) is 5.75 Å². The largest absolute Gasteiger partial charge is 0.479 e. The van der Waals surface area contributed by atoms with Gasteiger partial charge in [-0.25, -0.2) is 4.79 Å². The van der Waals surface area contributed by atoms with Gasteiger partial charge in [0.2, 0.25) is 0 Å². The molecule has 0 aliphatic heterocycles. The van der Waals surface area contributed by atoms with Gasteiger partial charge < -0.3 is 14.8 Å². The van der Waals surface area contributed by atoms with Gasteiger partial charge in [0.25, 0.3) is 0 Å². The van der Waals surface area contributed by atoms with Crippen LogP contribution in [0.1, 0.15) is 32.8 Å². The van der Waals surface area contributed by atoms with Crippen molar-refractivity contribution in [2.24, 2.45) is 0 Å². The van der Waals surface area contributed by atoms with Crippen molar-refractivity contribution in [3.05, 3.63) is 29.8 Å². The quantitative estimate of drug-likeness (QED) is 0.743. The first-order valence-electron chi connectivity index (χ1n) is 7.13. The lowest BCUT2D eigenvalue weighted by Crippen LogP contribution is -2.28. The number of rotatable bonds is 8. The van der Waals surface area contributed by atoms with Crippen LogP contribution in [0.4, 0.5) is 0 Å². The second-order valence-corrected chi connectivity index (χ2v) is 4.99. The van der Waals surface area contributed by atoms with Crippen LogP contribution in [0.3, 0.4) is 0 Å². The third-order valence-electron chi connectivity index (χ3n) is 3.05. The van der Waals surface area contributed by atoms with Gasteiger partial charge in [0.15, 0.2) is 6.10 Å². The molecule has 4 heteroatoms. The molecule has 1 N–H and O–H groups in total. The number of nitrogens with one attached hydrogen (secondary N) is 1. The van der Waals surface area contributed by atoms with E-state index < -0.39 is 6.10 Å². The number of methoxy groups -OCH3 is 1. The van der Waals surface area contributed by atoms with Crippen LogP contribution in [0.5, 0.6) is 5.75 Å². The molecule has 1 aromatic carbocycles. The van der Waals surface area contributed by atoms with E-state index in [1.807, 2.05) is 24.3 Å². The third-order valence-corrected chi connectivity index (χ3v) is 3.05. The highest BCUT2D eigenvalue weighted by molar-refractivity contribution is 5.74. The monoisotopic (exact) mass is 279 g/mol. The Labute approximate surface area is 121 Å². The average Bonchev–Trinajstić information content (AvgIpc) is 2.46. The van der Waals surface area contributed by atoms with Gasteiger partial charge in [-0.05, 0) is 50.9 Å². The molecular formula is C16H25NO3. The van der Waals surface area contributed by atoms with Gasteiger partial charge in [-0.3, -0.25) is 0 Å². The van der Waals surface area contributed by atoms with Crippen molar-refractivity contribution in [1.82, 2.24) is 5.32 Å². The average molecular weight is 279 g/mol. The summed E-state index contributed by atoms with van der Waals surface area (Å²) >= 11 is 0. The first kappa shape index (κ1) is 16.5. The SMILES string of the molecule is CCCNC(C)Cc1ccc(OC(C)C(=O)OC)cc1. The van der Waals surface area contributed by atoms with E-state index in [2.05, 4.69) is 23.9 Å². The summed E-state index contributed by atoms with van der Waals surface area (Å²) in [6, 6.07) is 8.30. The Morgan fingerprint density at radius 2 is 1.90 bits per heavy atom. The number of hydrogen-bond donors (Lipinski definition) is 1. The minimum Gasteiger partial charge on any atom is -0.479 e. The highest BCUT2D eigenvalue weighted by atomic mass is 16.6. The molecular weight excluding hydrogens is 254 g/mol. The lowest BCUT2D eigenvalue weighted by molar-refractivity contribution is -0.147. The van der Waals surface area contributed by atoms with E-state index in [1.54, 1.807) is 6.92 Å². The molecule has 0 spiro atoms. The van der Waals surface area contributed by atoms with E-state index in [-0.39, 0.29) is 5.97 Å². The number of hydrogen-bond acceptors (Lipinski definition) is 4. The summed E-state index contributed by atoms with van der Waals surface area (Å²) < 4.78 is 10.1. The van der Waals surface area contributed by atoms with Crippen molar-refractivity contribution < 1.29 is 14.3 Å². The number of ether oxygens (including phenoxy) is 2.